The summed E-state index contributed by atoms with van der Waals surface area (Å²) in [6, 6.07) is 21.2. The molecule has 4 aromatic rings. The highest BCUT2D eigenvalue weighted by Crippen LogP contribution is 2.32. The lowest BCUT2D eigenvalue weighted by Crippen LogP contribution is -2.40. The van der Waals surface area contributed by atoms with Crippen LogP contribution in [0.1, 0.15) is 69.7 Å². The average molecular weight is 681 g/mol. The number of oxazole rings is 1. The zero-order chi connectivity index (χ0) is 36.0. The molecule has 0 aliphatic carbocycles. The van der Waals surface area contributed by atoms with Gasteiger partial charge in [0.05, 0.1) is 12.1 Å². The molecule has 3 aromatic carbocycles. The molecule has 0 radical (unpaired) electrons. The molecule has 9 nitrogen and oxygen atoms in total. The minimum atomic E-state index is -4.44. The highest BCUT2D eigenvalue weighted by molar-refractivity contribution is 5.81. The minimum Gasteiger partial charge on any atom is -0.487 e. The van der Waals surface area contributed by atoms with Crippen LogP contribution in [-0.2, 0) is 27.1 Å². The number of aromatic nitrogens is 1. The molecule has 0 N–H and O–H groups in total. The third-order valence-electron chi connectivity index (χ3n) is 6.59. The summed E-state index contributed by atoms with van der Waals surface area (Å²) in [5.41, 5.74) is 0.655. The number of hydrogen-bond donors (Lipinski definition) is 0. The van der Waals surface area contributed by atoms with Crippen molar-refractivity contribution in [3.8, 4) is 17.2 Å². The summed E-state index contributed by atoms with van der Waals surface area (Å²) in [6.07, 6.45) is -4.66. The number of aryl methyl sites for hydroxylation is 1. The topological polar surface area (TPSA) is 100 Å². The lowest BCUT2D eigenvalue weighted by molar-refractivity contribution is -0.137. The van der Waals surface area contributed by atoms with Crippen LogP contribution in [0.15, 0.2) is 89.4 Å². The van der Waals surface area contributed by atoms with Crippen molar-refractivity contribution in [3.05, 3.63) is 113 Å². The molecule has 0 spiro atoms. The predicted molar refractivity (Wildman–Crippen MR) is 176 cm³/mol. The van der Waals surface area contributed by atoms with Crippen molar-refractivity contribution in [1.29, 1.82) is 0 Å². The van der Waals surface area contributed by atoms with Crippen molar-refractivity contribution in [2.45, 2.75) is 72.5 Å². The molecular formula is C37H39F3N2O7. The van der Waals surface area contributed by atoms with Gasteiger partial charge in [0, 0.05) is 5.56 Å². The Morgan fingerprint density at radius 3 is 2.08 bits per heavy atom. The van der Waals surface area contributed by atoms with Crippen LogP contribution < -0.4 is 4.74 Å². The molecule has 49 heavy (non-hydrogen) atoms. The number of carbonyl (C=O) groups is 2. The van der Waals surface area contributed by atoms with Crippen LogP contribution in [0.3, 0.4) is 0 Å². The molecule has 1 heterocycles. The Hall–Kier alpha value is -5.26. The second-order valence-electron chi connectivity index (χ2n) is 13.0. The molecule has 0 saturated heterocycles. The summed E-state index contributed by atoms with van der Waals surface area (Å²) in [7, 11) is 0. The van der Waals surface area contributed by atoms with Crippen LogP contribution in [0.5, 0.6) is 5.75 Å². The highest BCUT2D eigenvalue weighted by Gasteiger charge is 2.30. The van der Waals surface area contributed by atoms with Gasteiger partial charge in [0.1, 0.15) is 35.0 Å². The number of amides is 1. The van der Waals surface area contributed by atoms with Gasteiger partial charge < -0.3 is 18.6 Å². The van der Waals surface area contributed by atoms with E-state index in [0.717, 1.165) is 28.3 Å². The minimum absolute atomic E-state index is 0.0277. The van der Waals surface area contributed by atoms with Crippen molar-refractivity contribution < 1.29 is 46.2 Å². The lowest BCUT2D eigenvalue weighted by atomic mass is 9.97. The molecule has 1 amide bonds. The Morgan fingerprint density at radius 1 is 0.837 bits per heavy atom. The second-order valence-corrected chi connectivity index (χ2v) is 13.0. The molecule has 1 aromatic heterocycles. The third-order valence-corrected chi connectivity index (χ3v) is 6.59. The summed E-state index contributed by atoms with van der Waals surface area (Å²) in [6.45, 7) is 11.7. The number of rotatable bonds is 8. The first-order chi connectivity index (χ1) is 22.9. The summed E-state index contributed by atoms with van der Waals surface area (Å²) in [5, 5.41) is 0.796. The number of hydrogen-bond acceptors (Lipinski definition) is 8. The third kappa shape index (κ3) is 10.9. The van der Waals surface area contributed by atoms with Crippen molar-refractivity contribution in [1.82, 2.24) is 10.0 Å². The van der Waals surface area contributed by atoms with Crippen molar-refractivity contribution in [2.75, 3.05) is 6.54 Å². The Bertz CT molecular complexity index is 1770. The molecule has 4 rings (SSSR count). The molecular weight excluding hydrogens is 641 g/mol. The number of ether oxygens (including phenoxy) is 3. The second kappa shape index (κ2) is 14.9. The first-order valence-corrected chi connectivity index (χ1v) is 15.4. The molecule has 12 heteroatoms. The van der Waals surface area contributed by atoms with Gasteiger partial charge in [0.25, 0.3) is 0 Å². The van der Waals surface area contributed by atoms with Crippen LogP contribution in [0, 0.1) is 6.92 Å². The van der Waals surface area contributed by atoms with E-state index in [1.807, 2.05) is 36.4 Å². The Balaban J connectivity index is 1.57. The average Bonchev–Trinajstić information content (AvgIpc) is 3.38. The van der Waals surface area contributed by atoms with Gasteiger partial charge in [0.2, 0.25) is 5.89 Å². The van der Waals surface area contributed by atoms with E-state index in [1.165, 1.54) is 12.1 Å². The molecule has 0 unspecified atom stereocenters. The lowest BCUT2D eigenvalue weighted by Gasteiger charge is -2.27. The quantitative estimate of drug-likeness (QED) is 0.134. The number of hydroxylamine groups is 2. The van der Waals surface area contributed by atoms with Gasteiger partial charge in [-0.05, 0) is 102 Å². The number of alkyl halides is 3. The van der Waals surface area contributed by atoms with E-state index in [2.05, 4.69) is 4.98 Å². The van der Waals surface area contributed by atoms with Gasteiger partial charge in [-0.15, -0.1) is 5.06 Å². The normalized spacial score (nSPS) is 12.3. The standard InChI is InChI=1S/C37H39F3N2O7/c1-24-31(41-32(46-24)26-16-18-28(19-17-26)37(38,39)40)23-45-29-15-11-14-27(22-29)30(25-12-9-8-10-13-25)20-21-42(33(43)47-35(2,3)4)49-34(44)48-36(5,6)7/h8-20,22H,21,23H2,1-7H3/b30-20+. The van der Waals surface area contributed by atoms with Gasteiger partial charge in [-0.2, -0.15) is 13.2 Å². The summed E-state index contributed by atoms with van der Waals surface area (Å²) >= 11 is 0. The fraction of sp³-hybridized carbons (Fsp3) is 0.324. The van der Waals surface area contributed by atoms with Crippen LogP contribution in [-0.4, -0.2) is 40.0 Å². The van der Waals surface area contributed by atoms with Crippen LogP contribution in [0.4, 0.5) is 22.8 Å². The van der Waals surface area contributed by atoms with E-state index < -0.39 is 35.2 Å². The Kier molecular flexibility index (Phi) is 11.1. The van der Waals surface area contributed by atoms with E-state index >= 15 is 0 Å². The van der Waals surface area contributed by atoms with E-state index in [-0.39, 0.29) is 19.0 Å². The zero-order valence-electron chi connectivity index (χ0n) is 28.4. The first kappa shape index (κ1) is 36.6. The predicted octanol–water partition coefficient (Wildman–Crippen LogP) is 9.78. The van der Waals surface area contributed by atoms with Gasteiger partial charge in [-0.25, -0.2) is 14.6 Å². The van der Waals surface area contributed by atoms with Gasteiger partial charge in [0.15, 0.2) is 0 Å². The fourth-order valence-corrected chi connectivity index (χ4v) is 4.41. The van der Waals surface area contributed by atoms with Crippen LogP contribution in [0.2, 0.25) is 0 Å². The first-order valence-electron chi connectivity index (χ1n) is 15.4. The zero-order valence-corrected chi connectivity index (χ0v) is 28.4. The van der Waals surface area contributed by atoms with Gasteiger partial charge in [-0.3, -0.25) is 4.84 Å². The fourth-order valence-electron chi connectivity index (χ4n) is 4.41. The summed E-state index contributed by atoms with van der Waals surface area (Å²) in [4.78, 5) is 35.3. The largest absolute Gasteiger partial charge is 0.534 e. The summed E-state index contributed by atoms with van der Waals surface area (Å²) in [5.74, 6) is 1.13. The van der Waals surface area contributed by atoms with E-state index in [1.54, 1.807) is 72.7 Å². The van der Waals surface area contributed by atoms with Crippen LogP contribution >= 0.6 is 0 Å². The van der Waals surface area contributed by atoms with Crippen molar-refractivity contribution in [2.24, 2.45) is 0 Å². The van der Waals surface area contributed by atoms with Gasteiger partial charge >= 0.3 is 18.4 Å². The number of nitrogens with zero attached hydrogens (tertiary/aromatic N) is 2. The van der Waals surface area contributed by atoms with E-state index in [0.29, 0.717) is 28.3 Å². The highest BCUT2D eigenvalue weighted by atomic mass is 19.4. The molecule has 0 aliphatic heterocycles. The number of halogens is 3. The van der Waals surface area contributed by atoms with E-state index in [9.17, 15) is 22.8 Å². The molecule has 0 aliphatic rings. The summed E-state index contributed by atoms with van der Waals surface area (Å²) < 4.78 is 61.5. The molecule has 0 bridgehead atoms. The smallest absolute Gasteiger partial charge is 0.487 e. The Labute approximate surface area is 283 Å². The monoisotopic (exact) mass is 680 g/mol. The number of carbonyl (C=O) groups excluding carboxylic acids is 2. The molecule has 0 fully saturated rings. The maximum atomic E-state index is 13.1. The maximum Gasteiger partial charge on any atom is 0.534 e. The van der Waals surface area contributed by atoms with Crippen LogP contribution in [0.25, 0.3) is 17.0 Å². The van der Waals surface area contributed by atoms with E-state index in [4.69, 9.17) is 23.5 Å². The van der Waals surface area contributed by atoms with Crippen molar-refractivity contribution >= 4 is 17.8 Å². The van der Waals surface area contributed by atoms with Crippen molar-refractivity contribution in [3.63, 3.8) is 0 Å². The Morgan fingerprint density at radius 2 is 1.47 bits per heavy atom. The molecule has 0 saturated carbocycles. The van der Waals surface area contributed by atoms with Gasteiger partial charge in [-0.1, -0.05) is 48.5 Å². The molecule has 0 atom stereocenters. The maximum absolute atomic E-state index is 13.1. The SMILES string of the molecule is Cc1oc(-c2ccc(C(F)(F)F)cc2)nc1COc1cccc(/C(=C/CN(OC(=O)OC(C)(C)C)C(=O)OC(C)(C)C)c2ccccc2)c1. The number of benzene rings is 3. The molecule has 260 valence electrons.